The fourth-order valence-electron chi connectivity index (χ4n) is 1.86. The molecule has 0 aliphatic rings. The van der Waals surface area contributed by atoms with Crippen molar-refractivity contribution in [3.05, 3.63) is 35.9 Å². The molecule has 0 unspecified atom stereocenters. The average Bonchev–Trinajstić information content (AvgIpc) is 2.74. The first-order chi connectivity index (χ1) is 8.58. The predicted molar refractivity (Wildman–Crippen MR) is 74.2 cm³/mol. The molecular weight excluding hydrogens is 224 g/mol. The Balaban J connectivity index is 2.30. The van der Waals surface area contributed by atoms with E-state index in [0.717, 1.165) is 29.6 Å². The van der Waals surface area contributed by atoms with Gasteiger partial charge in [-0.05, 0) is 31.9 Å². The summed E-state index contributed by atoms with van der Waals surface area (Å²) >= 11 is 0. The Morgan fingerprint density at radius 2 is 2.06 bits per heavy atom. The third kappa shape index (κ3) is 2.70. The van der Waals surface area contributed by atoms with Gasteiger partial charge in [-0.2, -0.15) is 0 Å². The smallest absolute Gasteiger partial charge is 0.207 e. The molecule has 0 aliphatic carbocycles. The van der Waals surface area contributed by atoms with Gasteiger partial charge in [0.2, 0.25) is 5.95 Å². The Hall–Kier alpha value is -1.84. The van der Waals surface area contributed by atoms with Crippen LogP contribution in [-0.2, 0) is 0 Å². The van der Waals surface area contributed by atoms with Crippen LogP contribution in [0.3, 0.4) is 0 Å². The summed E-state index contributed by atoms with van der Waals surface area (Å²) in [5, 5.41) is 3.36. The first-order valence-electron chi connectivity index (χ1n) is 6.29. The minimum Gasteiger partial charge on any atom is -0.355 e. The summed E-state index contributed by atoms with van der Waals surface area (Å²) in [6.45, 7) is 9.30. The zero-order valence-corrected chi connectivity index (χ0v) is 11.4. The molecule has 2 heterocycles. The van der Waals surface area contributed by atoms with Gasteiger partial charge in [0.15, 0.2) is 0 Å². The molecule has 96 valence electrons. The van der Waals surface area contributed by atoms with Crippen molar-refractivity contribution in [2.24, 2.45) is 5.92 Å². The SMILES string of the molecule is Cc1ccc(-n2ccnc2NCC(C)C)c(C)n1. The number of hydrogen-bond acceptors (Lipinski definition) is 3. The summed E-state index contributed by atoms with van der Waals surface area (Å²) in [6.07, 6.45) is 3.77. The van der Waals surface area contributed by atoms with Crippen LogP contribution in [0.15, 0.2) is 24.5 Å². The summed E-state index contributed by atoms with van der Waals surface area (Å²) < 4.78 is 2.05. The van der Waals surface area contributed by atoms with Gasteiger partial charge in [0.1, 0.15) is 0 Å². The van der Waals surface area contributed by atoms with Crippen molar-refractivity contribution in [2.45, 2.75) is 27.7 Å². The zero-order valence-electron chi connectivity index (χ0n) is 11.4. The Morgan fingerprint density at radius 3 is 2.72 bits per heavy atom. The average molecular weight is 244 g/mol. The van der Waals surface area contributed by atoms with Gasteiger partial charge in [0.25, 0.3) is 0 Å². The molecule has 0 atom stereocenters. The van der Waals surface area contributed by atoms with Gasteiger partial charge in [-0.15, -0.1) is 0 Å². The lowest BCUT2D eigenvalue weighted by atomic mass is 10.2. The highest BCUT2D eigenvalue weighted by atomic mass is 15.2. The van der Waals surface area contributed by atoms with Gasteiger partial charge in [-0.25, -0.2) is 4.98 Å². The number of nitrogens with zero attached hydrogens (tertiary/aromatic N) is 3. The van der Waals surface area contributed by atoms with Crippen molar-refractivity contribution < 1.29 is 0 Å². The molecule has 0 fully saturated rings. The molecule has 2 rings (SSSR count). The van der Waals surface area contributed by atoms with E-state index in [-0.39, 0.29) is 0 Å². The predicted octanol–water partition coefficient (Wildman–Crippen LogP) is 2.95. The number of aromatic nitrogens is 3. The standard InChI is InChI=1S/C14H20N4/c1-10(2)9-16-14-15-7-8-18(14)13-6-5-11(3)17-12(13)4/h5-8,10H,9H2,1-4H3,(H,15,16). The summed E-state index contributed by atoms with van der Waals surface area (Å²) in [7, 11) is 0. The van der Waals surface area contributed by atoms with E-state index in [2.05, 4.69) is 35.2 Å². The summed E-state index contributed by atoms with van der Waals surface area (Å²) in [6, 6.07) is 4.11. The number of pyridine rings is 1. The van der Waals surface area contributed by atoms with Crippen LogP contribution < -0.4 is 5.32 Å². The molecule has 1 N–H and O–H groups in total. The van der Waals surface area contributed by atoms with Gasteiger partial charge < -0.3 is 5.32 Å². The molecule has 2 aromatic rings. The number of hydrogen-bond donors (Lipinski definition) is 1. The normalized spacial score (nSPS) is 10.9. The van der Waals surface area contributed by atoms with E-state index in [4.69, 9.17) is 0 Å². The molecular formula is C14H20N4. The lowest BCUT2D eigenvalue weighted by molar-refractivity contribution is 0.683. The van der Waals surface area contributed by atoms with Gasteiger partial charge >= 0.3 is 0 Å². The third-order valence-electron chi connectivity index (χ3n) is 2.77. The Morgan fingerprint density at radius 1 is 1.28 bits per heavy atom. The molecule has 4 nitrogen and oxygen atoms in total. The van der Waals surface area contributed by atoms with Crippen LogP contribution in [0.4, 0.5) is 5.95 Å². The molecule has 0 radical (unpaired) electrons. The first-order valence-corrected chi connectivity index (χ1v) is 6.29. The fraction of sp³-hybridized carbons (Fsp3) is 0.429. The van der Waals surface area contributed by atoms with Crippen LogP contribution in [0.1, 0.15) is 25.2 Å². The maximum atomic E-state index is 4.49. The van der Waals surface area contributed by atoms with Crippen LogP contribution in [0.25, 0.3) is 5.69 Å². The van der Waals surface area contributed by atoms with Gasteiger partial charge in [-0.3, -0.25) is 9.55 Å². The summed E-state index contributed by atoms with van der Waals surface area (Å²) in [5.74, 6) is 1.46. The molecule has 18 heavy (non-hydrogen) atoms. The highest BCUT2D eigenvalue weighted by Crippen LogP contribution is 2.17. The molecule has 0 bridgehead atoms. The summed E-state index contributed by atoms with van der Waals surface area (Å²) in [5.41, 5.74) is 3.12. The van der Waals surface area contributed by atoms with Crippen molar-refractivity contribution >= 4 is 5.95 Å². The zero-order chi connectivity index (χ0) is 13.1. The Kier molecular flexibility index (Phi) is 3.65. The van der Waals surface area contributed by atoms with Crippen molar-refractivity contribution in [2.75, 3.05) is 11.9 Å². The van der Waals surface area contributed by atoms with Gasteiger partial charge in [0.05, 0.1) is 11.4 Å². The van der Waals surface area contributed by atoms with Crippen LogP contribution in [-0.4, -0.2) is 21.1 Å². The largest absolute Gasteiger partial charge is 0.355 e. The maximum Gasteiger partial charge on any atom is 0.207 e. The quantitative estimate of drug-likeness (QED) is 0.899. The molecule has 0 saturated heterocycles. The van der Waals surface area contributed by atoms with E-state index in [1.54, 1.807) is 0 Å². The van der Waals surface area contributed by atoms with Crippen LogP contribution in [0.2, 0.25) is 0 Å². The number of imidazole rings is 1. The van der Waals surface area contributed by atoms with Crippen molar-refractivity contribution in [1.82, 2.24) is 14.5 Å². The highest BCUT2D eigenvalue weighted by Gasteiger charge is 2.08. The lowest BCUT2D eigenvalue weighted by Gasteiger charge is -2.13. The van der Waals surface area contributed by atoms with E-state index < -0.39 is 0 Å². The lowest BCUT2D eigenvalue weighted by Crippen LogP contribution is -2.12. The Labute approximate surface area is 108 Å². The van der Waals surface area contributed by atoms with Crippen molar-refractivity contribution in [3.63, 3.8) is 0 Å². The number of nitrogens with one attached hydrogen (secondary N) is 1. The molecule has 0 spiro atoms. The van der Waals surface area contributed by atoms with Crippen LogP contribution >= 0.6 is 0 Å². The van der Waals surface area contributed by atoms with Crippen LogP contribution in [0, 0.1) is 19.8 Å². The number of rotatable bonds is 4. The van der Waals surface area contributed by atoms with E-state index in [0.29, 0.717) is 5.92 Å². The van der Waals surface area contributed by atoms with E-state index >= 15 is 0 Å². The molecule has 4 heteroatoms. The van der Waals surface area contributed by atoms with E-state index in [1.165, 1.54) is 0 Å². The van der Waals surface area contributed by atoms with Crippen LogP contribution in [0.5, 0.6) is 0 Å². The van der Waals surface area contributed by atoms with Crippen molar-refractivity contribution in [3.8, 4) is 5.69 Å². The minimum absolute atomic E-state index is 0.590. The van der Waals surface area contributed by atoms with E-state index in [1.807, 2.05) is 36.9 Å². The van der Waals surface area contributed by atoms with E-state index in [9.17, 15) is 0 Å². The van der Waals surface area contributed by atoms with Gasteiger partial charge in [-0.1, -0.05) is 13.8 Å². The maximum absolute atomic E-state index is 4.49. The molecule has 0 saturated carbocycles. The second-order valence-corrected chi connectivity index (χ2v) is 4.95. The monoisotopic (exact) mass is 244 g/mol. The van der Waals surface area contributed by atoms with Crippen molar-refractivity contribution in [1.29, 1.82) is 0 Å². The number of aryl methyl sites for hydroxylation is 2. The number of anilines is 1. The summed E-state index contributed by atoms with van der Waals surface area (Å²) in [4.78, 5) is 8.84. The third-order valence-corrected chi connectivity index (χ3v) is 2.77. The fourth-order valence-corrected chi connectivity index (χ4v) is 1.86. The minimum atomic E-state index is 0.590. The molecule has 0 aromatic carbocycles. The molecule has 2 aromatic heterocycles. The second-order valence-electron chi connectivity index (χ2n) is 4.95. The molecule has 0 amide bonds. The first kappa shape index (κ1) is 12.6. The molecule has 0 aliphatic heterocycles. The second kappa shape index (κ2) is 5.21. The van der Waals surface area contributed by atoms with Gasteiger partial charge in [0, 0.05) is 24.6 Å². The highest BCUT2D eigenvalue weighted by molar-refractivity contribution is 5.44. The Bertz CT molecular complexity index is 528. The topological polar surface area (TPSA) is 42.7 Å².